The fourth-order valence-electron chi connectivity index (χ4n) is 4.07. The molecule has 0 aliphatic heterocycles. The zero-order valence-electron chi connectivity index (χ0n) is 12.9. The molecule has 0 spiro atoms. The Morgan fingerprint density at radius 3 is 1.26 bits per heavy atom. The maximum atomic E-state index is 2.68. The summed E-state index contributed by atoms with van der Waals surface area (Å²) in [6, 6.07) is 0. The van der Waals surface area contributed by atoms with Crippen LogP contribution in [0, 0.1) is 0 Å². The molecule has 1 heteroatoms. The molecule has 0 aromatic carbocycles. The molecule has 0 unspecified atom stereocenters. The van der Waals surface area contributed by atoms with Gasteiger partial charge in [0.25, 0.3) is 0 Å². The minimum absolute atomic E-state index is 0.427. The zero-order chi connectivity index (χ0) is 14.0. The monoisotopic (exact) mass is 424 g/mol. The SMILES string of the molecule is CCC[C]1([Hf]([CH3])([CH3])[C]2(CCC)C=CC=C2)C=CC=C1. The molecule has 0 radical (unpaired) electrons. The van der Waals surface area contributed by atoms with Crippen molar-refractivity contribution in [1.29, 1.82) is 0 Å². The molecule has 0 saturated heterocycles. The molecule has 0 amide bonds. The van der Waals surface area contributed by atoms with E-state index in [1.165, 1.54) is 25.7 Å². The van der Waals surface area contributed by atoms with Gasteiger partial charge in [-0.1, -0.05) is 0 Å². The summed E-state index contributed by atoms with van der Waals surface area (Å²) in [6.45, 7) is 4.66. The van der Waals surface area contributed by atoms with Crippen LogP contribution in [0.15, 0.2) is 48.6 Å². The van der Waals surface area contributed by atoms with E-state index >= 15 is 0 Å². The average Bonchev–Trinajstić information content (AvgIpc) is 3.00. The van der Waals surface area contributed by atoms with Crippen molar-refractivity contribution in [3.05, 3.63) is 48.6 Å². The third kappa shape index (κ3) is 2.33. The fourth-order valence-corrected chi connectivity index (χ4v) is 20.8. The minimum atomic E-state index is -2.57. The summed E-state index contributed by atoms with van der Waals surface area (Å²) < 4.78 is 6.21. The van der Waals surface area contributed by atoms with Gasteiger partial charge in [0.05, 0.1) is 0 Å². The van der Waals surface area contributed by atoms with Gasteiger partial charge < -0.3 is 0 Å². The zero-order valence-corrected chi connectivity index (χ0v) is 16.5. The van der Waals surface area contributed by atoms with Crippen molar-refractivity contribution in [2.75, 3.05) is 0 Å². The van der Waals surface area contributed by atoms with Gasteiger partial charge in [-0.25, -0.2) is 0 Å². The summed E-state index contributed by atoms with van der Waals surface area (Å²) in [5, 5.41) is 0. The van der Waals surface area contributed by atoms with Crippen molar-refractivity contribution in [3.63, 3.8) is 0 Å². The summed E-state index contributed by atoms with van der Waals surface area (Å²) in [6.07, 6.45) is 24.6. The third-order valence-electron chi connectivity index (χ3n) is 5.45. The standard InChI is InChI=1S/2C8H11.2CH3.Hf/c2*1-2-5-8-6-3-4-7-8;;;/h2*3-4,6-7H,2,5H2,1H3;2*1H3;. The van der Waals surface area contributed by atoms with Crippen LogP contribution in [0.25, 0.3) is 0 Å². The van der Waals surface area contributed by atoms with E-state index in [2.05, 4.69) is 71.8 Å². The van der Waals surface area contributed by atoms with Gasteiger partial charge >= 0.3 is 124 Å². The topological polar surface area (TPSA) is 0 Å². The van der Waals surface area contributed by atoms with Crippen LogP contribution in [-0.2, 0) is 20.0 Å². The van der Waals surface area contributed by atoms with Crippen LogP contribution in [0.1, 0.15) is 39.5 Å². The second-order valence-corrected chi connectivity index (χ2v) is 25.0. The van der Waals surface area contributed by atoms with Crippen LogP contribution in [0.2, 0.25) is 15.7 Å². The molecular formula is C18H28Hf. The van der Waals surface area contributed by atoms with Crippen LogP contribution < -0.4 is 0 Å². The molecule has 19 heavy (non-hydrogen) atoms. The predicted octanol–water partition coefficient (Wildman–Crippen LogP) is 6.41. The summed E-state index contributed by atoms with van der Waals surface area (Å²) in [4.78, 5) is 0. The van der Waals surface area contributed by atoms with Crippen LogP contribution in [-0.4, -0.2) is 0 Å². The predicted molar refractivity (Wildman–Crippen MR) is 83.5 cm³/mol. The van der Waals surface area contributed by atoms with Crippen molar-refractivity contribution in [1.82, 2.24) is 0 Å². The summed E-state index contributed by atoms with van der Waals surface area (Å²) in [7, 11) is 0. The Bertz CT molecular complexity index is 371. The van der Waals surface area contributed by atoms with Gasteiger partial charge in [-0.2, -0.15) is 0 Å². The van der Waals surface area contributed by atoms with Crippen molar-refractivity contribution in [3.8, 4) is 0 Å². The van der Waals surface area contributed by atoms with Crippen LogP contribution in [0.4, 0.5) is 0 Å². The molecule has 0 bridgehead atoms. The van der Waals surface area contributed by atoms with Gasteiger partial charge in [-0.3, -0.25) is 0 Å². The quantitative estimate of drug-likeness (QED) is 0.434. The van der Waals surface area contributed by atoms with E-state index in [-0.39, 0.29) is 0 Å². The Morgan fingerprint density at radius 1 is 0.684 bits per heavy atom. The number of hydrogen-bond acceptors (Lipinski definition) is 0. The molecule has 2 rings (SSSR count). The summed E-state index contributed by atoms with van der Waals surface area (Å²) >= 11 is -2.57. The van der Waals surface area contributed by atoms with Crippen molar-refractivity contribution in [2.24, 2.45) is 0 Å². The van der Waals surface area contributed by atoms with E-state index < -0.39 is 20.0 Å². The Kier molecular flexibility index (Phi) is 4.55. The molecule has 0 N–H and O–H groups in total. The average molecular weight is 423 g/mol. The van der Waals surface area contributed by atoms with E-state index in [1.54, 1.807) is 0 Å². The maximum absolute atomic E-state index is 2.68. The van der Waals surface area contributed by atoms with Gasteiger partial charge in [0.15, 0.2) is 0 Å². The van der Waals surface area contributed by atoms with Gasteiger partial charge in [-0.05, 0) is 0 Å². The van der Waals surface area contributed by atoms with Crippen LogP contribution in [0.3, 0.4) is 0 Å². The molecule has 0 saturated carbocycles. The first kappa shape index (κ1) is 15.2. The second-order valence-electron chi connectivity index (χ2n) is 6.64. The molecule has 2 aliphatic rings. The normalized spacial score (nSPS) is 22.5. The summed E-state index contributed by atoms with van der Waals surface area (Å²) in [5.74, 6) is 0. The van der Waals surface area contributed by atoms with Gasteiger partial charge in [-0.15, -0.1) is 0 Å². The summed E-state index contributed by atoms with van der Waals surface area (Å²) in [5.41, 5.74) is 0. The molecule has 2 aliphatic carbocycles. The van der Waals surface area contributed by atoms with E-state index in [4.69, 9.17) is 0 Å². The van der Waals surface area contributed by atoms with E-state index in [0.717, 1.165) is 0 Å². The molecule has 0 aromatic heterocycles. The van der Waals surface area contributed by atoms with E-state index in [1.807, 2.05) is 0 Å². The molecule has 0 atom stereocenters. The Hall–Kier alpha value is -0.170. The molecule has 0 nitrogen and oxygen atoms in total. The molecular weight excluding hydrogens is 395 g/mol. The van der Waals surface area contributed by atoms with Crippen molar-refractivity contribution >= 4 is 0 Å². The third-order valence-corrected chi connectivity index (χ3v) is 26.4. The molecule has 0 fully saturated rings. The van der Waals surface area contributed by atoms with Crippen molar-refractivity contribution < 1.29 is 20.0 Å². The fraction of sp³-hybridized carbons (Fsp3) is 0.556. The first-order chi connectivity index (χ1) is 9.04. The van der Waals surface area contributed by atoms with Gasteiger partial charge in [0.1, 0.15) is 0 Å². The van der Waals surface area contributed by atoms with Gasteiger partial charge in [0, 0.05) is 0 Å². The number of hydrogen-bond donors (Lipinski definition) is 0. The molecule has 104 valence electrons. The first-order valence-electron chi connectivity index (χ1n) is 7.78. The first-order valence-corrected chi connectivity index (χ1v) is 18.6. The second kappa shape index (κ2) is 5.68. The van der Waals surface area contributed by atoms with Crippen LogP contribution in [0.5, 0.6) is 0 Å². The van der Waals surface area contributed by atoms with Crippen molar-refractivity contribution in [2.45, 2.75) is 55.2 Å². The number of rotatable bonds is 6. The molecule has 0 heterocycles. The Balaban J connectivity index is 2.44. The van der Waals surface area contributed by atoms with E-state index in [0.29, 0.717) is 6.34 Å². The van der Waals surface area contributed by atoms with Gasteiger partial charge in [0.2, 0.25) is 0 Å². The number of allylic oxidation sites excluding steroid dienone is 8. The Morgan fingerprint density at radius 2 is 1.00 bits per heavy atom. The van der Waals surface area contributed by atoms with E-state index in [9.17, 15) is 0 Å². The Labute approximate surface area is 123 Å². The van der Waals surface area contributed by atoms with Crippen LogP contribution >= 0.6 is 0 Å². The molecule has 0 aromatic rings.